The van der Waals surface area contributed by atoms with Crippen molar-refractivity contribution in [2.45, 2.75) is 18.2 Å². The zero-order chi connectivity index (χ0) is 22.4. The van der Waals surface area contributed by atoms with Gasteiger partial charge in [-0.2, -0.15) is 0 Å². The van der Waals surface area contributed by atoms with E-state index in [0.29, 0.717) is 26.5 Å². The van der Waals surface area contributed by atoms with Crippen molar-refractivity contribution in [3.63, 3.8) is 0 Å². The number of methoxy groups -OCH3 is 2. The molecule has 0 aliphatic heterocycles. The maximum absolute atomic E-state index is 12.5. The summed E-state index contributed by atoms with van der Waals surface area (Å²) in [5.74, 6) is 0.698. The minimum absolute atomic E-state index is 0.134. The fraction of sp³-hybridized carbons (Fsp3) is 0.238. The molecule has 0 radical (unpaired) electrons. The van der Waals surface area contributed by atoms with Crippen molar-refractivity contribution in [3.8, 4) is 11.5 Å². The van der Waals surface area contributed by atoms with Crippen LogP contribution in [0.15, 0.2) is 40.7 Å². The normalized spacial score (nSPS) is 10.5. The van der Waals surface area contributed by atoms with Crippen LogP contribution in [0.3, 0.4) is 0 Å². The van der Waals surface area contributed by atoms with Crippen LogP contribution in [-0.4, -0.2) is 42.0 Å². The maximum atomic E-state index is 12.5. The number of rotatable bonds is 8. The van der Waals surface area contributed by atoms with E-state index in [1.54, 1.807) is 18.2 Å². The molecule has 3 rings (SSSR count). The van der Waals surface area contributed by atoms with E-state index in [0.717, 1.165) is 16.8 Å². The second-order valence-electron chi connectivity index (χ2n) is 6.55. The molecule has 1 heterocycles. The highest BCUT2D eigenvalue weighted by molar-refractivity contribution is 8.01. The Morgan fingerprint density at radius 2 is 1.77 bits per heavy atom. The minimum atomic E-state index is -0.346. The number of ether oxygens (including phenoxy) is 2. The number of nitrogens with one attached hydrogen (secondary N) is 2. The molecule has 10 heteroatoms. The lowest BCUT2D eigenvalue weighted by Gasteiger charge is -2.09. The Labute approximate surface area is 188 Å². The van der Waals surface area contributed by atoms with Crippen LogP contribution in [-0.2, 0) is 4.79 Å². The predicted molar refractivity (Wildman–Crippen MR) is 123 cm³/mol. The average Bonchev–Trinajstić information content (AvgIpc) is 3.21. The number of aryl methyl sites for hydroxylation is 2. The molecule has 2 N–H and O–H groups in total. The van der Waals surface area contributed by atoms with Crippen LogP contribution >= 0.6 is 23.1 Å². The molecule has 0 fully saturated rings. The van der Waals surface area contributed by atoms with Crippen LogP contribution in [0.25, 0.3) is 0 Å². The number of amides is 2. The van der Waals surface area contributed by atoms with Crippen molar-refractivity contribution >= 4 is 45.7 Å². The lowest BCUT2D eigenvalue weighted by atomic mass is 10.1. The van der Waals surface area contributed by atoms with E-state index in [9.17, 15) is 9.59 Å². The van der Waals surface area contributed by atoms with Gasteiger partial charge in [0.2, 0.25) is 11.0 Å². The summed E-state index contributed by atoms with van der Waals surface area (Å²) in [5.41, 5.74) is 3.27. The largest absolute Gasteiger partial charge is 0.493 e. The van der Waals surface area contributed by atoms with Gasteiger partial charge in [0.1, 0.15) is 0 Å². The quantitative estimate of drug-likeness (QED) is 0.386. The lowest BCUT2D eigenvalue weighted by molar-refractivity contribution is -0.113. The van der Waals surface area contributed by atoms with E-state index >= 15 is 0 Å². The van der Waals surface area contributed by atoms with Gasteiger partial charge in [0, 0.05) is 11.3 Å². The topological polar surface area (TPSA) is 102 Å². The van der Waals surface area contributed by atoms with Crippen molar-refractivity contribution in [1.29, 1.82) is 0 Å². The molecule has 2 amide bonds. The molecule has 2 aromatic carbocycles. The highest BCUT2D eigenvalue weighted by Crippen LogP contribution is 2.29. The van der Waals surface area contributed by atoms with Gasteiger partial charge < -0.3 is 14.8 Å². The SMILES string of the molecule is COc1ccc(C(=O)Nc2nnc(SCC(=O)Nc3cc(C)ccc3C)s2)cc1OC. The van der Waals surface area contributed by atoms with Crippen LogP contribution < -0.4 is 20.1 Å². The number of nitrogens with zero attached hydrogens (tertiary/aromatic N) is 2. The van der Waals surface area contributed by atoms with Crippen LogP contribution in [0.1, 0.15) is 21.5 Å². The summed E-state index contributed by atoms with van der Waals surface area (Å²) in [5, 5.41) is 14.0. The molecule has 0 unspecified atom stereocenters. The van der Waals surface area contributed by atoms with Crippen LogP contribution in [0.2, 0.25) is 0 Å². The molecule has 3 aromatic rings. The molecule has 0 spiro atoms. The Kier molecular flexibility index (Phi) is 7.48. The Balaban J connectivity index is 1.56. The highest BCUT2D eigenvalue weighted by atomic mass is 32.2. The van der Waals surface area contributed by atoms with E-state index in [1.807, 2.05) is 32.0 Å². The number of carbonyl (C=O) groups is 2. The molecule has 162 valence electrons. The standard InChI is InChI=1S/C21H22N4O4S2/c1-12-5-6-13(2)15(9-12)22-18(26)11-30-21-25-24-20(31-21)23-19(27)14-7-8-16(28-3)17(10-14)29-4/h5-10H,11H2,1-4H3,(H,22,26)(H,23,24,27). The van der Waals surface area contributed by atoms with E-state index < -0.39 is 0 Å². The Hall–Kier alpha value is -3.11. The van der Waals surface area contributed by atoms with Gasteiger partial charge in [-0.25, -0.2) is 0 Å². The van der Waals surface area contributed by atoms with Crippen molar-refractivity contribution in [2.24, 2.45) is 0 Å². The number of carbonyl (C=O) groups excluding carboxylic acids is 2. The summed E-state index contributed by atoms with van der Waals surface area (Å²) in [6.07, 6.45) is 0. The van der Waals surface area contributed by atoms with Crippen molar-refractivity contribution in [2.75, 3.05) is 30.6 Å². The predicted octanol–water partition coefficient (Wildman–Crippen LogP) is 4.16. The van der Waals surface area contributed by atoms with Gasteiger partial charge in [0.15, 0.2) is 15.8 Å². The number of aromatic nitrogens is 2. The van der Waals surface area contributed by atoms with Crippen LogP contribution in [0.5, 0.6) is 11.5 Å². The second-order valence-corrected chi connectivity index (χ2v) is 8.75. The van der Waals surface area contributed by atoms with E-state index in [1.165, 1.54) is 37.3 Å². The fourth-order valence-corrected chi connectivity index (χ4v) is 4.20. The summed E-state index contributed by atoms with van der Waals surface area (Å²) in [7, 11) is 3.03. The molecule has 8 nitrogen and oxygen atoms in total. The lowest BCUT2D eigenvalue weighted by Crippen LogP contribution is -2.14. The molecule has 1 aromatic heterocycles. The van der Waals surface area contributed by atoms with Crippen molar-refractivity contribution in [1.82, 2.24) is 10.2 Å². The third-order valence-electron chi connectivity index (χ3n) is 4.27. The first-order valence-electron chi connectivity index (χ1n) is 9.26. The summed E-state index contributed by atoms with van der Waals surface area (Å²) in [4.78, 5) is 24.7. The number of thioether (sulfide) groups is 1. The zero-order valence-electron chi connectivity index (χ0n) is 17.5. The Bertz CT molecular complexity index is 1100. The van der Waals surface area contributed by atoms with Gasteiger partial charge in [0.25, 0.3) is 5.91 Å². The summed E-state index contributed by atoms with van der Waals surface area (Å²) >= 11 is 2.46. The second kappa shape index (κ2) is 10.3. The first kappa shape index (κ1) is 22.6. The molecule has 0 aliphatic rings. The molecule has 0 aliphatic carbocycles. The number of benzene rings is 2. The van der Waals surface area contributed by atoms with Crippen LogP contribution in [0, 0.1) is 13.8 Å². The fourth-order valence-electron chi connectivity index (χ4n) is 2.65. The zero-order valence-corrected chi connectivity index (χ0v) is 19.1. The number of anilines is 2. The van der Waals surface area contributed by atoms with E-state index in [4.69, 9.17) is 9.47 Å². The van der Waals surface area contributed by atoms with Gasteiger partial charge >= 0.3 is 0 Å². The van der Waals surface area contributed by atoms with Gasteiger partial charge in [-0.3, -0.25) is 14.9 Å². The van der Waals surface area contributed by atoms with E-state index in [-0.39, 0.29) is 17.6 Å². The van der Waals surface area contributed by atoms with Gasteiger partial charge in [-0.05, 0) is 49.2 Å². The Morgan fingerprint density at radius 3 is 2.52 bits per heavy atom. The van der Waals surface area contributed by atoms with Gasteiger partial charge in [0.05, 0.1) is 20.0 Å². The van der Waals surface area contributed by atoms with E-state index in [2.05, 4.69) is 20.8 Å². The molecule has 0 atom stereocenters. The average molecular weight is 459 g/mol. The van der Waals surface area contributed by atoms with Crippen molar-refractivity contribution in [3.05, 3.63) is 53.1 Å². The third-order valence-corrected chi connectivity index (χ3v) is 6.24. The Morgan fingerprint density at radius 1 is 1.00 bits per heavy atom. The summed E-state index contributed by atoms with van der Waals surface area (Å²) in [6, 6.07) is 10.8. The van der Waals surface area contributed by atoms with Crippen molar-refractivity contribution < 1.29 is 19.1 Å². The summed E-state index contributed by atoms with van der Waals surface area (Å²) < 4.78 is 11.0. The summed E-state index contributed by atoms with van der Waals surface area (Å²) in [6.45, 7) is 3.92. The molecular formula is C21H22N4O4S2. The van der Waals surface area contributed by atoms with Gasteiger partial charge in [-0.1, -0.05) is 35.2 Å². The molecule has 0 saturated heterocycles. The smallest absolute Gasteiger partial charge is 0.257 e. The van der Waals surface area contributed by atoms with Crippen LogP contribution in [0.4, 0.5) is 10.8 Å². The first-order chi connectivity index (χ1) is 14.9. The monoisotopic (exact) mass is 458 g/mol. The number of hydrogen-bond donors (Lipinski definition) is 2. The highest BCUT2D eigenvalue weighted by Gasteiger charge is 2.14. The first-order valence-corrected chi connectivity index (χ1v) is 11.1. The molecule has 0 saturated carbocycles. The molecule has 0 bridgehead atoms. The third kappa shape index (κ3) is 5.96. The number of hydrogen-bond acceptors (Lipinski definition) is 8. The molecule has 31 heavy (non-hydrogen) atoms. The molecular weight excluding hydrogens is 436 g/mol. The van der Waals surface area contributed by atoms with Gasteiger partial charge in [-0.15, -0.1) is 10.2 Å². The minimum Gasteiger partial charge on any atom is -0.493 e. The maximum Gasteiger partial charge on any atom is 0.257 e.